The molecule has 0 rings (SSSR count). The number of hydrogen-bond donors (Lipinski definition) is 3. The van der Waals surface area contributed by atoms with Crippen LogP contribution in [0.25, 0.3) is 0 Å². The van der Waals surface area contributed by atoms with Gasteiger partial charge in [-0.3, -0.25) is 9.59 Å². The van der Waals surface area contributed by atoms with Crippen molar-refractivity contribution in [1.82, 2.24) is 5.32 Å². The molecule has 0 aliphatic rings. The summed E-state index contributed by atoms with van der Waals surface area (Å²) in [6.45, 7) is 2.19. The fraction of sp³-hybridized carbons (Fsp3) is 0.812. The van der Waals surface area contributed by atoms with E-state index in [-0.39, 0.29) is 6.42 Å². The van der Waals surface area contributed by atoms with Crippen LogP contribution in [0.2, 0.25) is 0 Å². The zero-order valence-corrected chi connectivity index (χ0v) is 13.5. The smallest absolute Gasteiger partial charge is 0.326 e. The maximum absolute atomic E-state index is 11.6. The molecule has 0 aromatic carbocycles. The molecule has 0 spiro atoms. The zero-order valence-electron chi connectivity index (χ0n) is 13.5. The van der Waals surface area contributed by atoms with Gasteiger partial charge in [-0.25, -0.2) is 4.79 Å². The number of amides is 1. The van der Waals surface area contributed by atoms with Gasteiger partial charge in [0.05, 0.1) is 6.42 Å². The Balaban J connectivity index is 3.63. The van der Waals surface area contributed by atoms with Gasteiger partial charge >= 0.3 is 11.9 Å². The van der Waals surface area contributed by atoms with Gasteiger partial charge in [0.25, 0.3) is 0 Å². The Morgan fingerprint density at radius 1 is 0.864 bits per heavy atom. The van der Waals surface area contributed by atoms with E-state index in [1.165, 1.54) is 38.5 Å². The van der Waals surface area contributed by atoms with Crippen molar-refractivity contribution in [2.45, 2.75) is 83.6 Å². The number of unbranched alkanes of at least 4 members (excludes halogenated alkanes) is 8. The third kappa shape index (κ3) is 12.2. The minimum atomic E-state index is -1.34. The number of nitrogens with one attached hydrogen (secondary N) is 1. The summed E-state index contributed by atoms with van der Waals surface area (Å²) in [4.78, 5) is 32.9. The predicted octanol–water partition coefficient (Wildman–Crippen LogP) is 2.95. The maximum atomic E-state index is 11.6. The van der Waals surface area contributed by atoms with E-state index in [1.54, 1.807) is 0 Å². The average molecular weight is 315 g/mol. The summed E-state index contributed by atoms with van der Waals surface area (Å²) >= 11 is 0. The summed E-state index contributed by atoms with van der Waals surface area (Å²) in [6, 6.07) is -1.34. The Hall–Kier alpha value is -1.59. The highest BCUT2D eigenvalue weighted by atomic mass is 16.4. The van der Waals surface area contributed by atoms with Crippen LogP contribution in [-0.4, -0.2) is 34.1 Å². The number of carbonyl (C=O) groups excluding carboxylic acids is 1. The Kier molecular flexibility index (Phi) is 12.2. The van der Waals surface area contributed by atoms with Crippen molar-refractivity contribution >= 4 is 17.8 Å². The summed E-state index contributed by atoms with van der Waals surface area (Å²) in [7, 11) is 0. The molecule has 0 aromatic rings. The van der Waals surface area contributed by atoms with Crippen LogP contribution >= 0.6 is 0 Å². The van der Waals surface area contributed by atoms with Crippen molar-refractivity contribution in [2.24, 2.45) is 0 Å². The summed E-state index contributed by atoms with van der Waals surface area (Å²) in [5, 5.41) is 19.7. The van der Waals surface area contributed by atoms with Gasteiger partial charge in [0.15, 0.2) is 0 Å². The van der Waals surface area contributed by atoms with E-state index in [4.69, 9.17) is 10.2 Å². The Labute approximate surface area is 132 Å². The summed E-state index contributed by atoms with van der Waals surface area (Å²) in [5.74, 6) is -2.95. The SMILES string of the molecule is CCCCCCCCCCCC(=O)N[C@H](CC(=O)O)C(=O)O. The van der Waals surface area contributed by atoms with Crippen molar-refractivity contribution in [1.29, 1.82) is 0 Å². The van der Waals surface area contributed by atoms with Gasteiger partial charge in [-0.1, -0.05) is 58.3 Å². The van der Waals surface area contributed by atoms with E-state index < -0.39 is 30.3 Å². The van der Waals surface area contributed by atoms with Crippen LogP contribution in [-0.2, 0) is 14.4 Å². The zero-order chi connectivity index (χ0) is 16.8. The largest absolute Gasteiger partial charge is 0.481 e. The van der Waals surface area contributed by atoms with Crippen molar-refractivity contribution < 1.29 is 24.6 Å². The van der Waals surface area contributed by atoms with Gasteiger partial charge < -0.3 is 15.5 Å². The molecule has 22 heavy (non-hydrogen) atoms. The lowest BCUT2D eigenvalue weighted by Gasteiger charge is -2.12. The molecular formula is C16H29NO5. The van der Waals surface area contributed by atoms with Gasteiger partial charge in [-0.2, -0.15) is 0 Å². The summed E-state index contributed by atoms with van der Waals surface area (Å²) < 4.78 is 0. The lowest BCUT2D eigenvalue weighted by Crippen LogP contribution is -2.42. The Morgan fingerprint density at radius 2 is 1.36 bits per heavy atom. The van der Waals surface area contributed by atoms with Gasteiger partial charge in [-0.15, -0.1) is 0 Å². The molecule has 0 aliphatic heterocycles. The minimum Gasteiger partial charge on any atom is -0.481 e. The number of carboxylic acids is 2. The Morgan fingerprint density at radius 3 is 1.82 bits per heavy atom. The molecular weight excluding hydrogens is 286 g/mol. The number of rotatable bonds is 14. The second-order valence-corrected chi connectivity index (χ2v) is 5.63. The molecule has 6 nitrogen and oxygen atoms in total. The van der Waals surface area contributed by atoms with Crippen LogP contribution in [0.5, 0.6) is 0 Å². The number of aliphatic carboxylic acids is 2. The number of carbonyl (C=O) groups is 3. The average Bonchev–Trinajstić information content (AvgIpc) is 2.44. The van der Waals surface area contributed by atoms with Crippen molar-refractivity contribution in [3.05, 3.63) is 0 Å². The molecule has 0 saturated heterocycles. The van der Waals surface area contributed by atoms with Crippen LogP contribution in [0.3, 0.4) is 0 Å². The minimum absolute atomic E-state index is 0.249. The lowest BCUT2D eigenvalue weighted by atomic mass is 10.1. The molecule has 0 heterocycles. The molecule has 1 amide bonds. The highest BCUT2D eigenvalue weighted by Crippen LogP contribution is 2.10. The van der Waals surface area contributed by atoms with Crippen LogP contribution in [0, 0.1) is 0 Å². The molecule has 6 heteroatoms. The first-order valence-corrected chi connectivity index (χ1v) is 8.21. The summed E-state index contributed by atoms with van der Waals surface area (Å²) in [6.07, 6.45) is 9.87. The van der Waals surface area contributed by atoms with Crippen molar-refractivity contribution in [3.63, 3.8) is 0 Å². The van der Waals surface area contributed by atoms with Gasteiger partial charge in [0.1, 0.15) is 6.04 Å². The molecule has 0 unspecified atom stereocenters. The van der Waals surface area contributed by atoms with E-state index in [1.807, 2.05) is 0 Å². The fourth-order valence-electron chi connectivity index (χ4n) is 2.24. The Bertz CT molecular complexity index is 343. The van der Waals surface area contributed by atoms with Crippen molar-refractivity contribution in [2.75, 3.05) is 0 Å². The number of hydrogen-bond acceptors (Lipinski definition) is 3. The van der Waals surface area contributed by atoms with E-state index >= 15 is 0 Å². The highest BCUT2D eigenvalue weighted by Gasteiger charge is 2.22. The van der Waals surface area contributed by atoms with Crippen LogP contribution in [0.15, 0.2) is 0 Å². The van der Waals surface area contributed by atoms with Gasteiger partial charge in [0, 0.05) is 6.42 Å². The second-order valence-electron chi connectivity index (χ2n) is 5.63. The number of carboxylic acid groups (broad SMARTS) is 2. The van der Waals surface area contributed by atoms with Crippen molar-refractivity contribution in [3.8, 4) is 0 Å². The highest BCUT2D eigenvalue weighted by molar-refractivity contribution is 5.86. The summed E-state index contributed by atoms with van der Waals surface area (Å²) in [5.41, 5.74) is 0. The third-order valence-electron chi connectivity index (χ3n) is 3.52. The molecule has 0 saturated carbocycles. The van der Waals surface area contributed by atoms with E-state index in [2.05, 4.69) is 12.2 Å². The van der Waals surface area contributed by atoms with E-state index in [0.717, 1.165) is 12.8 Å². The predicted molar refractivity (Wildman–Crippen MR) is 83.7 cm³/mol. The topological polar surface area (TPSA) is 104 Å². The molecule has 128 valence electrons. The fourth-order valence-corrected chi connectivity index (χ4v) is 2.24. The molecule has 0 aliphatic carbocycles. The first-order valence-electron chi connectivity index (χ1n) is 8.21. The van der Waals surface area contributed by atoms with Crippen LogP contribution < -0.4 is 5.32 Å². The molecule has 0 bridgehead atoms. The second kappa shape index (κ2) is 13.1. The maximum Gasteiger partial charge on any atom is 0.326 e. The normalized spacial score (nSPS) is 11.9. The molecule has 0 fully saturated rings. The quantitative estimate of drug-likeness (QED) is 0.428. The lowest BCUT2D eigenvalue weighted by molar-refractivity contribution is -0.147. The van der Waals surface area contributed by atoms with Gasteiger partial charge in [0.2, 0.25) is 5.91 Å². The molecule has 0 radical (unpaired) electrons. The third-order valence-corrected chi connectivity index (χ3v) is 3.52. The van der Waals surface area contributed by atoms with E-state index in [9.17, 15) is 14.4 Å². The first-order chi connectivity index (χ1) is 10.5. The van der Waals surface area contributed by atoms with Crippen LogP contribution in [0.1, 0.15) is 77.6 Å². The monoisotopic (exact) mass is 315 g/mol. The van der Waals surface area contributed by atoms with E-state index in [0.29, 0.717) is 6.42 Å². The van der Waals surface area contributed by atoms with Gasteiger partial charge in [-0.05, 0) is 6.42 Å². The molecule has 1 atom stereocenters. The first kappa shape index (κ1) is 20.4. The molecule has 3 N–H and O–H groups in total. The molecule has 0 aromatic heterocycles. The standard InChI is InChI=1S/C16H29NO5/c1-2-3-4-5-6-7-8-9-10-11-14(18)17-13(16(21)22)12-15(19)20/h13H,2-12H2,1H3,(H,17,18)(H,19,20)(H,21,22)/t13-/m1/s1. The van der Waals surface area contributed by atoms with Crippen LogP contribution in [0.4, 0.5) is 0 Å².